The van der Waals surface area contributed by atoms with Crippen molar-refractivity contribution in [3.63, 3.8) is 0 Å². The number of amides is 1. The standard InChI is InChI=1S/C18H28N6O3/c1-26-15-12-14(20-17(19)21-15)24-5-3-18(13-24)2-4-23(16(18)25)7-6-22-8-10-27-11-9-22/h12H,2-11,13H2,1H3,(H2,19,20,21). The van der Waals surface area contributed by atoms with E-state index < -0.39 is 0 Å². The Balaban J connectivity index is 1.38. The first-order chi connectivity index (χ1) is 13.1. The van der Waals surface area contributed by atoms with E-state index in [4.69, 9.17) is 15.2 Å². The number of methoxy groups -OCH3 is 1. The summed E-state index contributed by atoms with van der Waals surface area (Å²) in [5.41, 5.74) is 5.50. The van der Waals surface area contributed by atoms with Gasteiger partial charge in [-0.1, -0.05) is 0 Å². The molecule has 9 heteroatoms. The monoisotopic (exact) mass is 376 g/mol. The number of rotatable bonds is 5. The molecule has 0 saturated carbocycles. The average Bonchev–Trinajstić information content (AvgIpc) is 3.26. The minimum Gasteiger partial charge on any atom is -0.481 e. The predicted octanol–water partition coefficient (Wildman–Crippen LogP) is -0.172. The zero-order valence-corrected chi connectivity index (χ0v) is 15.9. The van der Waals surface area contributed by atoms with Gasteiger partial charge in [-0.2, -0.15) is 9.97 Å². The molecule has 1 unspecified atom stereocenters. The van der Waals surface area contributed by atoms with E-state index in [0.29, 0.717) is 12.4 Å². The van der Waals surface area contributed by atoms with Crippen LogP contribution < -0.4 is 15.4 Å². The topological polar surface area (TPSA) is 97.0 Å². The number of carbonyl (C=O) groups is 1. The molecule has 0 radical (unpaired) electrons. The fourth-order valence-corrected chi connectivity index (χ4v) is 4.34. The Bertz CT molecular complexity index is 696. The summed E-state index contributed by atoms with van der Waals surface area (Å²) in [6.07, 6.45) is 1.76. The minimum absolute atomic E-state index is 0.190. The van der Waals surface area contributed by atoms with Gasteiger partial charge in [0.05, 0.1) is 25.7 Å². The third-order valence-corrected chi connectivity index (χ3v) is 5.98. The van der Waals surface area contributed by atoms with Crippen molar-refractivity contribution < 1.29 is 14.3 Å². The summed E-state index contributed by atoms with van der Waals surface area (Å²) in [6, 6.07) is 1.78. The molecule has 1 atom stereocenters. The number of nitrogen functional groups attached to an aromatic ring is 1. The first-order valence-corrected chi connectivity index (χ1v) is 9.63. The van der Waals surface area contributed by atoms with Gasteiger partial charge in [0.1, 0.15) is 5.82 Å². The van der Waals surface area contributed by atoms with Crippen molar-refractivity contribution in [1.29, 1.82) is 0 Å². The molecule has 2 N–H and O–H groups in total. The summed E-state index contributed by atoms with van der Waals surface area (Å²) in [5.74, 6) is 1.65. The average molecular weight is 376 g/mol. The molecule has 0 aliphatic carbocycles. The molecule has 0 bridgehead atoms. The third-order valence-electron chi connectivity index (χ3n) is 5.98. The molecule has 3 fully saturated rings. The second kappa shape index (κ2) is 7.47. The lowest BCUT2D eigenvalue weighted by Crippen LogP contribution is -2.43. The van der Waals surface area contributed by atoms with Gasteiger partial charge in [-0.3, -0.25) is 9.69 Å². The Morgan fingerprint density at radius 2 is 1.96 bits per heavy atom. The Morgan fingerprint density at radius 3 is 2.74 bits per heavy atom. The Labute approximate surface area is 159 Å². The predicted molar refractivity (Wildman–Crippen MR) is 101 cm³/mol. The van der Waals surface area contributed by atoms with Gasteiger partial charge < -0.3 is 25.0 Å². The van der Waals surface area contributed by atoms with E-state index in [1.54, 1.807) is 13.2 Å². The van der Waals surface area contributed by atoms with E-state index in [-0.39, 0.29) is 17.3 Å². The zero-order chi connectivity index (χ0) is 18.9. The highest BCUT2D eigenvalue weighted by Gasteiger charge is 2.50. The smallest absolute Gasteiger partial charge is 0.230 e. The van der Waals surface area contributed by atoms with Crippen LogP contribution in [-0.4, -0.2) is 91.8 Å². The van der Waals surface area contributed by atoms with Crippen molar-refractivity contribution >= 4 is 17.7 Å². The lowest BCUT2D eigenvalue weighted by atomic mass is 9.85. The van der Waals surface area contributed by atoms with Crippen LogP contribution in [0.1, 0.15) is 12.8 Å². The molecule has 3 aliphatic heterocycles. The van der Waals surface area contributed by atoms with E-state index in [0.717, 1.165) is 71.1 Å². The number of hydrogen-bond acceptors (Lipinski definition) is 8. The Morgan fingerprint density at radius 1 is 1.19 bits per heavy atom. The zero-order valence-electron chi connectivity index (χ0n) is 15.9. The highest BCUT2D eigenvalue weighted by atomic mass is 16.5. The van der Waals surface area contributed by atoms with Crippen LogP contribution in [0.25, 0.3) is 0 Å². The number of ether oxygens (including phenoxy) is 2. The van der Waals surface area contributed by atoms with Crippen molar-refractivity contribution in [3.8, 4) is 5.88 Å². The van der Waals surface area contributed by atoms with Crippen LogP contribution in [0, 0.1) is 5.41 Å². The van der Waals surface area contributed by atoms with E-state index >= 15 is 0 Å². The summed E-state index contributed by atoms with van der Waals surface area (Å²) in [6.45, 7) is 7.53. The lowest BCUT2D eigenvalue weighted by molar-refractivity contribution is -0.135. The number of nitrogens with zero attached hydrogens (tertiary/aromatic N) is 5. The van der Waals surface area contributed by atoms with Gasteiger partial charge in [0, 0.05) is 51.9 Å². The molecule has 0 aromatic carbocycles. The van der Waals surface area contributed by atoms with Gasteiger partial charge in [-0.05, 0) is 12.8 Å². The summed E-state index contributed by atoms with van der Waals surface area (Å²) < 4.78 is 10.6. The van der Waals surface area contributed by atoms with Gasteiger partial charge >= 0.3 is 0 Å². The summed E-state index contributed by atoms with van der Waals surface area (Å²) in [4.78, 5) is 28.0. The second-order valence-electron chi connectivity index (χ2n) is 7.57. The van der Waals surface area contributed by atoms with E-state index in [2.05, 4.69) is 19.8 Å². The van der Waals surface area contributed by atoms with Crippen molar-refractivity contribution in [2.75, 3.05) is 76.8 Å². The normalized spacial score (nSPS) is 26.3. The van der Waals surface area contributed by atoms with Crippen LogP contribution >= 0.6 is 0 Å². The van der Waals surface area contributed by atoms with Gasteiger partial charge in [0.2, 0.25) is 17.7 Å². The number of carbonyl (C=O) groups excluding carboxylic acids is 1. The Hall–Kier alpha value is -2.13. The van der Waals surface area contributed by atoms with Crippen molar-refractivity contribution in [3.05, 3.63) is 6.07 Å². The van der Waals surface area contributed by atoms with Crippen molar-refractivity contribution in [2.24, 2.45) is 5.41 Å². The first-order valence-electron chi connectivity index (χ1n) is 9.63. The molecular weight excluding hydrogens is 348 g/mol. The molecule has 148 valence electrons. The SMILES string of the molecule is COc1cc(N2CCC3(CCN(CCN4CCOCC4)C3=O)C2)nc(N)n1. The number of nitrogens with two attached hydrogens (primary N) is 1. The first kappa shape index (κ1) is 18.2. The number of morpholine rings is 1. The molecule has 9 nitrogen and oxygen atoms in total. The number of likely N-dealkylation sites (tertiary alicyclic amines) is 1. The van der Waals surface area contributed by atoms with Crippen LogP contribution in [-0.2, 0) is 9.53 Å². The highest BCUT2D eigenvalue weighted by molar-refractivity contribution is 5.86. The summed E-state index contributed by atoms with van der Waals surface area (Å²) in [7, 11) is 1.56. The quantitative estimate of drug-likeness (QED) is 0.756. The van der Waals surface area contributed by atoms with Crippen LogP contribution in [0.4, 0.5) is 11.8 Å². The molecule has 4 rings (SSSR count). The van der Waals surface area contributed by atoms with Crippen molar-refractivity contribution in [2.45, 2.75) is 12.8 Å². The van der Waals surface area contributed by atoms with Gasteiger partial charge in [0.25, 0.3) is 0 Å². The highest BCUT2D eigenvalue weighted by Crippen LogP contribution is 2.42. The molecule has 1 spiro atoms. The number of hydrogen-bond donors (Lipinski definition) is 1. The third kappa shape index (κ3) is 3.66. The minimum atomic E-state index is -0.294. The molecule has 4 heterocycles. The second-order valence-corrected chi connectivity index (χ2v) is 7.57. The maximum absolute atomic E-state index is 13.1. The number of anilines is 2. The molecule has 1 amide bonds. The fraction of sp³-hybridized carbons (Fsp3) is 0.722. The lowest BCUT2D eigenvalue weighted by Gasteiger charge is -2.29. The number of aromatic nitrogens is 2. The van der Waals surface area contributed by atoms with E-state index in [1.165, 1.54) is 0 Å². The fourth-order valence-electron chi connectivity index (χ4n) is 4.34. The van der Waals surface area contributed by atoms with Crippen LogP contribution in [0.5, 0.6) is 5.88 Å². The van der Waals surface area contributed by atoms with Crippen LogP contribution in [0.3, 0.4) is 0 Å². The van der Waals surface area contributed by atoms with E-state index in [1.807, 2.05) is 4.90 Å². The largest absolute Gasteiger partial charge is 0.481 e. The van der Waals surface area contributed by atoms with Gasteiger partial charge in [0.15, 0.2) is 0 Å². The maximum atomic E-state index is 13.1. The van der Waals surface area contributed by atoms with Crippen molar-refractivity contribution in [1.82, 2.24) is 19.8 Å². The van der Waals surface area contributed by atoms with E-state index in [9.17, 15) is 4.79 Å². The maximum Gasteiger partial charge on any atom is 0.230 e. The molecular formula is C18H28N6O3. The Kier molecular flexibility index (Phi) is 5.05. The summed E-state index contributed by atoms with van der Waals surface area (Å²) >= 11 is 0. The van der Waals surface area contributed by atoms with Crippen LogP contribution in [0.2, 0.25) is 0 Å². The van der Waals surface area contributed by atoms with Gasteiger partial charge in [-0.15, -0.1) is 0 Å². The molecule has 1 aromatic rings. The summed E-state index contributed by atoms with van der Waals surface area (Å²) in [5, 5.41) is 0. The van der Waals surface area contributed by atoms with Crippen LogP contribution in [0.15, 0.2) is 6.07 Å². The van der Waals surface area contributed by atoms with Gasteiger partial charge in [-0.25, -0.2) is 0 Å². The molecule has 3 saturated heterocycles. The molecule has 27 heavy (non-hydrogen) atoms. The molecule has 1 aromatic heterocycles. The molecule has 3 aliphatic rings.